The molecule has 3 N–H and O–H groups in total. The number of anilines is 2. The van der Waals surface area contributed by atoms with Crippen LogP contribution in [0.3, 0.4) is 0 Å². The molecule has 1 aliphatic rings. The molecule has 192 valence electrons. The van der Waals surface area contributed by atoms with Crippen molar-refractivity contribution in [1.82, 2.24) is 14.5 Å². The summed E-state index contributed by atoms with van der Waals surface area (Å²) in [5.74, 6) is 0.0292. The summed E-state index contributed by atoms with van der Waals surface area (Å²) in [6, 6.07) is 1.95. The number of aryl methyl sites for hydroxylation is 1. The number of nitrogens with zero attached hydrogens (tertiary/aromatic N) is 3. The predicted molar refractivity (Wildman–Crippen MR) is 140 cm³/mol. The van der Waals surface area contributed by atoms with Crippen LogP contribution in [-0.4, -0.2) is 46.4 Å². The van der Waals surface area contributed by atoms with Gasteiger partial charge >= 0.3 is 5.69 Å². The van der Waals surface area contributed by atoms with Gasteiger partial charge in [-0.25, -0.2) is 4.79 Å². The average Bonchev–Trinajstić information content (AvgIpc) is 3.17. The number of nitrogens with two attached hydrogens (primary N) is 1. The highest BCUT2D eigenvalue weighted by Gasteiger charge is 2.28. The van der Waals surface area contributed by atoms with E-state index in [9.17, 15) is 19.2 Å². The van der Waals surface area contributed by atoms with Gasteiger partial charge in [-0.3, -0.25) is 23.9 Å². The first-order chi connectivity index (χ1) is 16.4. The number of fused-ring (bicyclic) bond motifs is 1. The van der Waals surface area contributed by atoms with Gasteiger partial charge < -0.3 is 15.5 Å². The third kappa shape index (κ3) is 6.04. The standard InChI is InChI=1S/C25H37N5O4S/c1-14(2)11-29(21-22(26)30(12-15(3)4)25(34)27-23(21)32)20(31)13-28(6)24(33)19-10-17-9-16(5)7-8-18(17)35-19/h10,14-16H,7-9,11-13,26H2,1-6H3,(H,27,32,34). The predicted octanol–water partition coefficient (Wildman–Crippen LogP) is 2.72. The molecule has 0 spiro atoms. The number of hydrogen-bond donors (Lipinski definition) is 2. The SMILES string of the molecule is CC(C)CN(C(=O)CN(C)C(=O)c1cc2c(s1)CCC(C)C2)c1c(N)n(CC(C)C)c(=O)[nH]c1=O. The van der Waals surface area contributed by atoms with Gasteiger partial charge in [0.15, 0.2) is 5.69 Å². The molecule has 0 saturated heterocycles. The fourth-order valence-corrected chi connectivity index (χ4v) is 5.63. The molecule has 1 unspecified atom stereocenters. The Labute approximate surface area is 209 Å². The van der Waals surface area contributed by atoms with E-state index in [0.717, 1.165) is 19.3 Å². The number of H-pyrrole nitrogens is 1. The molecule has 0 fully saturated rings. The Morgan fingerprint density at radius 3 is 2.54 bits per heavy atom. The van der Waals surface area contributed by atoms with Gasteiger partial charge in [0.05, 0.1) is 4.88 Å². The molecule has 1 aliphatic carbocycles. The maximum atomic E-state index is 13.4. The van der Waals surface area contributed by atoms with Crippen LogP contribution < -0.4 is 21.9 Å². The number of nitrogens with one attached hydrogen (secondary N) is 1. The second-order valence-electron chi connectivity index (χ2n) is 10.5. The minimum Gasteiger partial charge on any atom is -0.383 e. The topological polar surface area (TPSA) is 121 Å². The molecule has 2 aromatic heterocycles. The van der Waals surface area contributed by atoms with Crippen LogP contribution in [-0.2, 0) is 24.2 Å². The van der Waals surface area contributed by atoms with E-state index in [1.165, 1.54) is 36.1 Å². The lowest BCUT2D eigenvalue weighted by Crippen LogP contribution is -2.47. The van der Waals surface area contributed by atoms with Crippen molar-refractivity contribution in [3.8, 4) is 0 Å². The van der Waals surface area contributed by atoms with Gasteiger partial charge in [-0.15, -0.1) is 11.3 Å². The number of aromatic nitrogens is 2. The van der Waals surface area contributed by atoms with E-state index in [0.29, 0.717) is 17.3 Å². The van der Waals surface area contributed by atoms with Gasteiger partial charge in [-0.05, 0) is 48.6 Å². The second kappa shape index (κ2) is 10.8. The van der Waals surface area contributed by atoms with E-state index in [2.05, 4.69) is 11.9 Å². The summed E-state index contributed by atoms with van der Waals surface area (Å²) in [6.45, 7) is 10.2. The van der Waals surface area contributed by atoms with Crippen molar-refractivity contribution in [1.29, 1.82) is 0 Å². The van der Waals surface area contributed by atoms with E-state index in [4.69, 9.17) is 5.73 Å². The van der Waals surface area contributed by atoms with E-state index < -0.39 is 17.2 Å². The second-order valence-corrected chi connectivity index (χ2v) is 11.6. The van der Waals surface area contributed by atoms with Crippen molar-refractivity contribution in [3.63, 3.8) is 0 Å². The highest BCUT2D eigenvalue weighted by molar-refractivity contribution is 7.14. The smallest absolute Gasteiger partial charge is 0.330 e. The van der Waals surface area contributed by atoms with Crippen LogP contribution in [0.15, 0.2) is 15.7 Å². The molecule has 35 heavy (non-hydrogen) atoms. The summed E-state index contributed by atoms with van der Waals surface area (Å²) in [6.07, 6.45) is 3.07. The number of nitrogen functional groups attached to an aromatic ring is 1. The summed E-state index contributed by atoms with van der Waals surface area (Å²) in [7, 11) is 1.59. The Bertz CT molecular complexity index is 1210. The molecule has 1 atom stereocenters. The minimum atomic E-state index is -0.712. The molecule has 0 aromatic carbocycles. The van der Waals surface area contributed by atoms with Crippen molar-refractivity contribution in [2.75, 3.05) is 30.8 Å². The Balaban J connectivity index is 1.88. The zero-order valence-electron chi connectivity index (χ0n) is 21.5. The van der Waals surface area contributed by atoms with Gasteiger partial charge in [0.25, 0.3) is 11.5 Å². The van der Waals surface area contributed by atoms with Crippen LogP contribution in [0.1, 0.15) is 61.2 Å². The van der Waals surface area contributed by atoms with E-state index in [-0.39, 0.29) is 42.3 Å². The Morgan fingerprint density at radius 1 is 1.23 bits per heavy atom. The van der Waals surface area contributed by atoms with E-state index in [1.807, 2.05) is 33.8 Å². The van der Waals surface area contributed by atoms with Crippen LogP contribution in [0.25, 0.3) is 0 Å². The maximum Gasteiger partial charge on any atom is 0.330 e. The first-order valence-corrected chi connectivity index (χ1v) is 13.0. The Kier molecular flexibility index (Phi) is 8.25. The molecule has 2 aromatic rings. The first-order valence-electron chi connectivity index (χ1n) is 12.2. The number of hydrogen-bond acceptors (Lipinski definition) is 6. The quantitative estimate of drug-likeness (QED) is 0.574. The molecule has 0 radical (unpaired) electrons. The van der Waals surface area contributed by atoms with E-state index >= 15 is 0 Å². The zero-order valence-corrected chi connectivity index (χ0v) is 22.3. The van der Waals surface area contributed by atoms with E-state index in [1.54, 1.807) is 7.05 Å². The molecule has 0 aliphatic heterocycles. The Morgan fingerprint density at radius 2 is 1.91 bits per heavy atom. The summed E-state index contributed by atoms with van der Waals surface area (Å²) in [5.41, 5.74) is 6.12. The Hall–Kier alpha value is -2.88. The zero-order chi connectivity index (χ0) is 26.0. The number of aromatic amines is 1. The van der Waals surface area contributed by atoms with Crippen molar-refractivity contribution in [2.45, 2.75) is 60.4 Å². The van der Waals surface area contributed by atoms with Crippen LogP contribution in [0.5, 0.6) is 0 Å². The van der Waals surface area contributed by atoms with Crippen molar-refractivity contribution < 1.29 is 9.59 Å². The summed E-state index contributed by atoms with van der Waals surface area (Å²) >= 11 is 1.50. The highest BCUT2D eigenvalue weighted by Crippen LogP contribution is 2.32. The number of carbonyl (C=O) groups excluding carboxylic acids is 2. The van der Waals surface area contributed by atoms with Crippen LogP contribution in [0.4, 0.5) is 11.5 Å². The molecule has 0 saturated carbocycles. The highest BCUT2D eigenvalue weighted by atomic mass is 32.1. The lowest BCUT2D eigenvalue weighted by Gasteiger charge is -2.28. The van der Waals surface area contributed by atoms with Crippen molar-refractivity contribution >= 4 is 34.7 Å². The molecular weight excluding hydrogens is 466 g/mol. The summed E-state index contributed by atoms with van der Waals surface area (Å²) in [4.78, 5) is 58.6. The van der Waals surface area contributed by atoms with Crippen molar-refractivity contribution in [2.24, 2.45) is 17.8 Å². The fourth-order valence-electron chi connectivity index (χ4n) is 4.43. The van der Waals surface area contributed by atoms with Gasteiger partial charge in [0.1, 0.15) is 12.4 Å². The molecule has 2 heterocycles. The molecule has 0 bridgehead atoms. The largest absolute Gasteiger partial charge is 0.383 e. The first kappa shape index (κ1) is 26.7. The fraction of sp³-hybridized carbons (Fsp3) is 0.600. The number of likely N-dealkylation sites (N-methyl/N-ethyl adjacent to an activating group) is 1. The maximum absolute atomic E-state index is 13.4. The molecule has 2 amide bonds. The number of thiophene rings is 1. The molecule has 3 rings (SSSR count). The normalized spacial score (nSPS) is 15.4. The number of rotatable bonds is 8. The van der Waals surface area contributed by atoms with Gasteiger partial charge in [-0.1, -0.05) is 34.6 Å². The van der Waals surface area contributed by atoms with Crippen LogP contribution >= 0.6 is 11.3 Å². The molecular formula is C25H37N5O4S. The lowest BCUT2D eigenvalue weighted by molar-refractivity contribution is -0.119. The van der Waals surface area contributed by atoms with Gasteiger partial charge in [0, 0.05) is 25.0 Å². The third-order valence-corrected chi connectivity index (χ3v) is 7.36. The summed E-state index contributed by atoms with van der Waals surface area (Å²) < 4.78 is 1.29. The molecule has 10 heteroatoms. The lowest BCUT2D eigenvalue weighted by atomic mass is 9.90. The monoisotopic (exact) mass is 503 g/mol. The number of amides is 2. The van der Waals surface area contributed by atoms with Crippen LogP contribution in [0.2, 0.25) is 0 Å². The third-order valence-electron chi connectivity index (χ3n) is 6.14. The van der Waals surface area contributed by atoms with Gasteiger partial charge in [-0.2, -0.15) is 0 Å². The van der Waals surface area contributed by atoms with Crippen LogP contribution in [0, 0.1) is 17.8 Å². The number of carbonyl (C=O) groups is 2. The van der Waals surface area contributed by atoms with Gasteiger partial charge in [0.2, 0.25) is 5.91 Å². The summed E-state index contributed by atoms with van der Waals surface area (Å²) in [5, 5.41) is 0. The average molecular weight is 504 g/mol. The van der Waals surface area contributed by atoms with Crippen molar-refractivity contribution in [3.05, 3.63) is 42.2 Å². The minimum absolute atomic E-state index is 0.0234. The molecule has 9 nitrogen and oxygen atoms in total.